The number of alkyl halides is 1. The Hall–Kier alpha value is -2.98. The van der Waals surface area contributed by atoms with E-state index in [2.05, 4.69) is 88.3 Å². The largest absolute Gasteiger partial charge is 0.371 e. The van der Waals surface area contributed by atoms with Gasteiger partial charge in [0, 0.05) is 49.6 Å². The summed E-state index contributed by atoms with van der Waals surface area (Å²) in [5, 5.41) is 5.71. The van der Waals surface area contributed by atoms with E-state index < -0.39 is 0 Å². The fourth-order valence-corrected chi connectivity index (χ4v) is 5.88. The third-order valence-corrected chi connectivity index (χ3v) is 7.57. The van der Waals surface area contributed by atoms with Crippen LogP contribution in [0.4, 0.5) is 10.5 Å². The summed E-state index contributed by atoms with van der Waals surface area (Å²) >= 11 is 5.65. The smallest absolute Gasteiger partial charge is 0.314 e. The summed E-state index contributed by atoms with van der Waals surface area (Å²) in [6.07, 6.45) is 4.15. The molecule has 0 radical (unpaired) electrons. The lowest BCUT2D eigenvalue weighted by Crippen LogP contribution is -2.38. The molecule has 0 saturated carbocycles. The van der Waals surface area contributed by atoms with Crippen LogP contribution in [0.15, 0.2) is 72.8 Å². The summed E-state index contributed by atoms with van der Waals surface area (Å²) < 4.78 is 0. The molecule has 3 aromatic rings. The molecule has 0 saturated heterocycles. The van der Waals surface area contributed by atoms with Gasteiger partial charge >= 0.3 is 6.03 Å². The minimum Gasteiger partial charge on any atom is -0.371 e. The van der Waals surface area contributed by atoms with Crippen molar-refractivity contribution in [3.8, 4) is 0 Å². The van der Waals surface area contributed by atoms with Crippen LogP contribution in [0.25, 0.3) is 0 Å². The number of hydrogen-bond donors (Lipinski definition) is 2. The SMILES string of the molecule is O=C(NCCCl)NCCCc1cc2c3c(c1)C(c1ccccc1)CCN3CCC2c1ccccc1. The van der Waals surface area contributed by atoms with Gasteiger partial charge in [-0.15, -0.1) is 11.6 Å². The number of carbonyl (C=O) groups excluding carboxylic acids is 1. The third-order valence-electron chi connectivity index (χ3n) is 7.38. The van der Waals surface area contributed by atoms with Gasteiger partial charge in [-0.05, 0) is 53.5 Å². The predicted octanol–water partition coefficient (Wildman–Crippen LogP) is 6.03. The van der Waals surface area contributed by atoms with E-state index in [0.717, 1.165) is 38.8 Å². The van der Waals surface area contributed by atoms with E-state index in [1.807, 2.05) is 0 Å². The van der Waals surface area contributed by atoms with Gasteiger partial charge in [-0.3, -0.25) is 0 Å². The second kappa shape index (κ2) is 11.2. The van der Waals surface area contributed by atoms with Gasteiger partial charge in [0.1, 0.15) is 0 Å². The number of aryl methyl sites for hydroxylation is 1. The van der Waals surface area contributed by atoms with Gasteiger partial charge in [-0.25, -0.2) is 4.79 Å². The summed E-state index contributed by atoms with van der Waals surface area (Å²) in [6, 6.07) is 26.7. The van der Waals surface area contributed by atoms with Gasteiger partial charge in [-0.2, -0.15) is 0 Å². The van der Waals surface area contributed by atoms with Gasteiger partial charge in [0.2, 0.25) is 0 Å². The lowest BCUT2D eigenvalue weighted by atomic mass is 9.75. The Kier molecular flexibility index (Phi) is 7.58. The number of nitrogens with one attached hydrogen (secondary N) is 2. The van der Waals surface area contributed by atoms with Gasteiger partial charge in [0.25, 0.3) is 0 Å². The zero-order valence-electron chi connectivity index (χ0n) is 20.2. The van der Waals surface area contributed by atoms with Crippen LogP contribution < -0.4 is 15.5 Å². The highest BCUT2D eigenvalue weighted by molar-refractivity contribution is 6.18. The quantitative estimate of drug-likeness (QED) is 0.301. The molecular formula is C30H34ClN3O. The second-order valence-electron chi connectivity index (χ2n) is 9.59. The van der Waals surface area contributed by atoms with Crippen molar-refractivity contribution in [3.05, 3.63) is 101 Å². The van der Waals surface area contributed by atoms with E-state index in [-0.39, 0.29) is 6.03 Å². The van der Waals surface area contributed by atoms with Crippen molar-refractivity contribution in [2.45, 2.75) is 37.5 Å². The predicted molar refractivity (Wildman–Crippen MR) is 145 cm³/mol. The molecule has 2 N–H and O–H groups in total. The number of hydrogen-bond acceptors (Lipinski definition) is 2. The molecule has 0 spiro atoms. The molecule has 2 aliphatic heterocycles. The maximum Gasteiger partial charge on any atom is 0.314 e. The first-order valence-electron chi connectivity index (χ1n) is 12.8. The maximum absolute atomic E-state index is 11.9. The first kappa shape index (κ1) is 23.7. The van der Waals surface area contributed by atoms with Crippen LogP contribution in [0.1, 0.15) is 58.9 Å². The molecule has 35 heavy (non-hydrogen) atoms. The molecule has 2 atom stereocenters. The first-order chi connectivity index (χ1) is 17.2. The van der Waals surface area contributed by atoms with Crippen molar-refractivity contribution < 1.29 is 4.79 Å². The summed E-state index contributed by atoms with van der Waals surface area (Å²) in [5.41, 5.74) is 8.60. The molecule has 182 valence electrons. The minimum absolute atomic E-state index is 0.143. The number of amides is 2. The zero-order chi connectivity index (χ0) is 24.0. The van der Waals surface area contributed by atoms with Crippen molar-refractivity contribution in [2.24, 2.45) is 0 Å². The standard InChI is InChI=1S/C30H34ClN3O/c31-15-17-33-30(35)32-16-7-8-22-20-27-25(23-9-3-1-4-10-23)13-18-34-19-14-26(28(21-22)29(27)34)24-11-5-2-6-12-24/h1-6,9-12,20-21,25-26H,7-8,13-19H2,(H2,32,33,35). The molecule has 2 aliphatic rings. The third kappa shape index (κ3) is 5.33. The number of anilines is 1. The number of urea groups is 1. The summed E-state index contributed by atoms with van der Waals surface area (Å²) in [7, 11) is 0. The Labute approximate surface area is 213 Å². The van der Waals surface area contributed by atoms with Crippen LogP contribution >= 0.6 is 11.6 Å². The molecule has 5 rings (SSSR count). The summed E-state index contributed by atoms with van der Waals surface area (Å²) in [5.74, 6) is 1.28. The second-order valence-corrected chi connectivity index (χ2v) is 9.97. The molecule has 5 heteroatoms. The van der Waals surface area contributed by atoms with Gasteiger partial charge in [-0.1, -0.05) is 72.8 Å². The average molecular weight is 488 g/mol. The summed E-state index contributed by atoms with van der Waals surface area (Å²) in [4.78, 5) is 14.5. The van der Waals surface area contributed by atoms with Crippen molar-refractivity contribution in [2.75, 3.05) is 37.0 Å². The van der Waals surface area contributed by atoms with Crippen LogP contribution in [0, 0.1) is 0 Å². The molecule has 0 aliphatic carbocycles. The highest BCUT2D eigenvalue weighted by Crippen LogP contribution is 2.48. The Balaban J connectivity index is 1.46. The topological polar surface area (TPSA) is 44.4 Å². The van der Waals surface area contributed by atoms with Gasteiger partial charge in [0.15, 0.2) is 0 Å². The number of rotatable bonds is 8. The van der Waals surface area contributed by atoms with Gasteiger partial charge in [0.05, 0.1) is 0 Å². The Bertz CT molecular complexity index is 1060. The molecular weight excluding hydrogens is 454 g/mol. The van der Waals surface area contributed by atoms with Crippen molar-refractivity contribution >= 4 is 23.3 Å². The zero-order valence-corrected chi connectivity index (χ0v) is 20.9. The molecule has 0 bridgehead atoms. The van der Waals surface area contributed by atoms with Crippen molar-refractivity contribution in [1.29, 1.82) is 0 Å². The highest BCUT2D eigenvalue weighted by atomic mass is 35.5. The van der Waals surface area contributed by atoms with Crippen LogP contribution in [0.2, 0.25) is 0 Å². The van der Waals surface area contributed by atoms with Crippen LogP contribution in [0.3, 0.4) is 0 Å². The number of benzene rings is 3. The lowest BCUT2D eigenvalue weighted by Gasteiger charge is -2.43. The number of nitrogens with zero attached hydrogens (tertiary/aromatic N) is 1. The summed E-state index contributed by atoms with van der Waals surface area (Å²) in [6.45, 7) is 3.36. The van der Waals surface area contributed by atoms with E-state index in [1.165, 1.54) is 33.5 Å². The lowest BCUT2D eigenvalue weighted by molar-refractivity contribution is 0.241. The van der Waals surface area contributed by atoms with Crippen LogP contribution in [-0.2, 0) is 6.42 Å². The van der Waals surface area contributed by atoms with E-state index >= 15 is 0 Å². The highest BCUT2D eigenvalue weighted by Gasteiger charge is 2.34. The maximum atomic E-state index is 11.9. The fourth-order valence-electron chi connectivity index (χ4n) is 5.78. The minimum atomic E-state index is -0.143. The molecule has 2 heterocycles. The van der Waals surface area contributed by atoms with Crippen molar-refractivity contribution in [3.63, 3.8) is 0 Å². The number of halogens is 1. The van der Waals surface area contributed by atoms with E-state index in [4.69, 9.17) is 11.6 Å². The number of carbonyl (C=O) groups is 1. The Morgan fingerprint density at radius 2 is 1.37 bits per heavy atom. The molecule has 3 aromatic carbocycles. The van der Waals surface area contributed by atoms with Crippen LogP contribution in [-0.4, -0.2) is 38.1 Å². The van der Waals surface area contributed by atoms with E-state index in [9.17, 15) is 4.79 Å². The van der Waals surface area contributed by atoms with E-state index in [1.54, 1.807) is 0 Å². The van der Waals surface area contributed by atoms with Crippen molar-refractivity contribution in [1.82, 2.24) is 10.6 Å². The molecule has 2 amide bonds. The molecule has 0 fully saturated rings. The molecule has 2 unspecified atom stereocenters. The monoisotopic (exact) mass is 487 g/mol. The Morgan fingerprint density at radius 3 is 1.91 bits per heavy atom. The first-order valence-corrected chi connectivity index (χ1v) is 13.4. The Morgan fingerprint density at radius 1 is 0.829 bits per heavy atom. The van der Waals surface area contributed by atoms with Gasteiger partial charge < -0.3 is 15.5 Å². The fraction of sp³-hybridized carbons (Fsp3) is 0.367. The normalized spacial score (nSPS) is 18.6. The molecule has 4 nitrogen and oxygen atoms in total. The van der Waals surface area contributed by atoms with E-state index in [0.29, 0.717) is 30.8 Å². The average Bonchev–Trinajstić information content (AvgIpc) is 2.91. The van der Waals surface area contributed by atoms with Crippen LogP contribution in [0.5, 0.6) is 0 Å². The molecule has 0 aromatic heterocycles.